The molecule has 0 radical (unpaired) electrons. The minimum atomic E-state index is -0.509. The standard InChI is InChI=1S/C24H30N4O3/c1-7-12-30-24-26-23(20-13-17(29-6)9-11-22(20)28(24)27(4)5)31-18-8-10-21-19(14-18)15(2)16(3)25-21/h8-11,13-14,24-25H,7,12H2,1-6H3. The van der Waals surface area contributed by atoms with Crippen LogP contribution in [0.2, 0.25) is 0 Å². The highest BCUT2D eigenvalue weighted by Crippen LogP contribution is 2.34. The van der Waals surface area contributed by atoms with Crippen molar-refractivity contribution < 1.29 is 14.2 Å². The Bertz CT molecular complexity index is 1120. The second kappa shape index (κ2) is 8.61. The fourth-order valence-corrected chi connectivity index (χ4v) is 3.80. The van der Waals surface area contributed by atoms with Gasteiger partial charge in [0.05, 0.1) is 25.0 Å². The van der Waals surface area contributed by atoms with Gasteiger partial charge in [-0.15, -0.1) is 0 Å². The molecule has 0 spiro atoms. The minimum absolute atomic E-state index is 0.509. The van der Waals surface area contributed by atoms with E-state index in [0.717, 1.165) is 45.8 Å². The van der Waals surface area contributed by atoms with Crippen molar-refractivity contribution in [3.05, 3.63) is 53.2 Å². The number of nitrogens with one attached hydrogen (secondary N) is 1. The van der Waals surface area contributed by atoms with Gasteiger partial charge in [0.1, 0.15) is 11.5 Å². The summed E-state index contributed by atoms with van der Waals surface area (Å²) in [5.74, 6) is 1.99. The van der Waals surface area contributed by atoms with Gasteiger partial charge >= 0.3 is 0 Å². The molecule has 0 saturated heterocycles. The number of nitrogens with zero attached hydrogens (tertiary/aromatic N) is 3. The topological polar surface area (TPSA) is 62.3 Å². The molecule has 0 saturated carbocycles. The average molecular weight is 423 g/mol. The number of aryl methyl sites for hydroxylation is 2. The summed E-state index contributed by atoms with van der Waals surface area (Å²) < 4.78 is 17.9. The Hall–Kier alpha value is -3.03. The lowest BCUT2D eigenvalue weighted by Gasteiger charge is -2.39. The highest BCUT2D eigenvalue weighted by molar-refractivity contribution is 6.03. The number of aliphatic imine (C=N–C) groups is 1. The van der Waals surface area contributed by atoms with Gasteiger partial charge in [0.2, 0.25) is 12.2 Å². The Morgan fingerprint density at radius 2 is 1.87 bits per heavy atom. The predicted octanol–water partition coefficient (Wildman–Crippen LogP) is 4.63. The van der Waals surface area contributed by atoms with Crippen molar-refractivity contribution in [1.82, 2.24) is 9.99 Å². The third kappa shape index (κ3) is 3.98. The highest BCUT2D eigenvalue weighted by Gasteiger charge is 2.32. The van der Waals surface area contributed by atoms with Gasteiger partial charge in [0, 0.05) is 30.7 Å². The molecule has 4 rings (SSSR count). The number of anilines is 1. The van der Waals surface area contributed by atoms with Crippen molar-refractivity contribution in [2.45, 2.75) is 33.5 Å². The van der Waals surface area contributed by atoms with Gasteiger partial charge in [-0.3, -0.25) is 5.01 Å². The molecule has 0 aliphatic carbocycles. The van der Waals surface area contributed by atoms with Gasteiger partial charge in [0.25, 0.3) is 0 Å². The molecule has 0 fully saturated rings. The maximum absolute atomic E-state index is 6.35. The van der Waals surface area contributed by atoms with Crippen LogP contribution in [0.5, 0.6) is 11.5 Å². The molecule has 3 aromatic rings. The third-order valence-electron chi connectivity index (χ3n) is 5.51. The first-order valence-electron chi connectivity index (χ1n) is 10.5. The SMILES string of the molecule is CCCOC1N=C(Oc2ccc3[nH]c(C)c(C)c3c2)c2cc(OC)ccc2N1N(C)C. The van der Waals surface area contributed by atoms with Crippen LogP contribution in [0.4, 0.5) is 5.69 Å². The van der Waals surface area contributed by atoms with Gasteiger partial charge in [-0.05, 0) is 62.2 Å². The third-order valence-corrected chi connectivity index (χ3v) is 5.51. The number of aromatic amines is 1. The second-order valence-electron chi connectivity index (χ2n) is 7.89. The maximum atomic E-state index is 6.35. The van der Waals surface area contributed by atoms with E-state index in [0.29, 0.717) is 12.5 Å². The average Bonchev–Trinajstić information content (AvgIpc) is 3.05. The van der Waals surface area contributed by atoms with Crippen LogP contribution in [-0.4, -0.2) is 50.1 Å². The van der Waals surface area contributed by atoms with Gasteiger partial charge in [-0.25, -0.2) is 5.01 Å². The zero-order valence-corrected chi connectivity index (χ0v) is 19.0. The van der Waals surface area contributed by atoms with Gasteiger partial charge in [-0.2, -0.15) is 4.99 Å². The van der Waals surface area contributed by atoms with Crippen LogP contribution in [0.1, 0.15) is 30.2 Å². The molecule has 1 aliphatic heterocycles. The first-order valence-corrected chi connectivity index (χ1v) is 10.5. The first-order chi connectivity index (χ1) is 14.9. The first kappa shape index (κ1) is 21.2. The summed E-state index contributed by atoms with van der Waals surface area (Å²) in [6.07, 6.45) is 0.396. The molecule has 7 nitrogen and oxygen atoms in total. The normalized spacial score (nSPS) is 15.9. The van der Waals surface area contributed by atoms with E-state index in [-0.39, 0.29) is 0 Å². The Kier molecular flexibility index (Phi) is 5.89. The van der Waals surface area contributed by atoms with Crippen molar-refractivity contribution >= 4 is 22.5 Å². The van der Waals surface area contributed by atoms with Crippen molar-refractivity contribution in [2.75, 3.05) is 32.8 Å². The van der Waals surface area contributed by atoms with E-state index in [2.05, 4.69) is 31.8 Å². The van der Waals surface area contributed by atoms with Crippen molar-refractivity contribution in [3.63, 3.8) is 0 Å². The molecule has 2 aromatic carbocycles. The minimum Gasteiger partial charge on any atom is -0.497 e. The summed E-state index contributed by atoms with van der Waals surface area (Å²) in [6, 6.07) is 11.9. The van der Waals surface area contributed by atoms with Crippen LogP contribution in [0.15, 0.2) is 41.4 Å². The number of methoxy groups -OCH3 is 1. The molecule has 0 bridgehead atoms. The van der Waals surface area contributed by atoms with E-state index in [1.165, 1.54) is 5.56 Å². The summed E-state index contributed by atoms with van der Waals surface area (Å²) >= 11 is 0. The summed E-state index contributed by atoms with van der Waals surface area (Å²) in [5, 5.41) is 5.13. The molecular formula is C24H30N4O3. The van der Waals surface area contributed by atoms with Crippen LogP contribution < -0.4 is 14.5 Å². The van der Waals surface area contributed by atoms with Gasteiger partial charge < -0.3 is 19.2 Å². The molecule has 1 N–H and O–H groups in total. The number of hydrogen-bond acceptors (Lipinski definition) is 6. The number of fused-ring (bicyclic) bond motifs is 2. The van der Waals surface area contributed by atoms with Crippen LogP contribution in [0.3, 0.4) is 0 Å². The molecule has 1 unspecified atom stereocenters. The largest absolute Gasteiger partial charge is 0.497 e. The van der Waals surface area contributed by atoms with E-state index in [9.17, 15) is 0 Å². The molecule has 1 atom stereocenters. The fraction of sp³-hybridized carbons (Fsp3) is 0.375. The van der Waals surface area contributed by atoms with E-state index < -0.39 is 6.35 Å². The van der Waals surface area contributed by atoms with E-state index in [1.54, 1.807) is 7.11 Å². The lowest BCUT2D eigenvalue weighted by Crippen LogP contribution is -2.49. The van der Waals surface area contributed by atoms with Crippen molar-refractivity contribution in [2.24, 2.45) is 4.99 Å². The number of hydrazine groups is 1. The lowest BCUT2D eigenvalue weighted by atomic mass is 10.1. The number of aromatic nitrogens is 1. The summed E-state index contributed by atoms with van der Waals surface area (Å²) in [4.78, 5) is 8.24. The molecular weight excluding hydrogens is 392 g/mol. The smallest absolute Gasteiger partial charge is 0.245 e. The highest BCUT2D eigenvalue weighted by atomic mass is 16.5. The van der Waals surface area contributed by atoms with Crippen LogP contribution in [-0.2, 0) is 4.74 Å². The monoisotopic (exact) mass is 422 g/mol. The zero-order valence-electron chi connectivity index (χ0n) is 19.0. The summed E-state index contributed by atoms with van der Waals surface area (Å²) in [6.45, 7) is 6.87. The lowest BCUT2D eigenvalue weighted by molar-refractivity contribution is 0.0261. The molecule has 1 aromatic heterocycles. The van der Waals surface area contributed by atoms with Crippen molar-refractivity contribution in [3.8, 4) is 11.5 Å². The fourth-order valence-electron chi connectivity index (χ4n) is 3.80. The molecule has 1 aliphatic rings. The van der Waals surface area contributed by atoms with Crippen LogP contribution >= 0.6 is 0 Å². The van der Waals surface area contributed by atoms with Crippen LogP contribution in [0.25, 0.3) is 10.9 Å². The predicted molar refractivity (Wildman–Crippen MR) is 124 cm³/mol. The quantitative estimate of drug-likeness (QED) is 0.628. The number of rotatable bonds is 6. The van der Waals surface area contributed by atoms with E-state index in [4.69, 9.17) is 19.2 Å². The van der Waals surface area contributed by atoms with Crippen LogP contribution in [0, 0.1) is 13.8 Å². The Labute approximate surface area is 183 Å². The van der Waals surface area contributed by atoms with Gasteiger partial charge in [-0.1, -0.05) is 6.92 Å². The summed E-state index contributed by atoms with van der Waals surface area (Å²) in [5.41, 5.74) is 5.28. The van der Waals surface area contributed by atoms with Gasteiger partial charge in [0.15, 0.2) is 0 Å². The summed E-state index contributed by atoms with van der Waals surface area (Å²) in [7, 11) is 5.61. The number of H-pyrrole nitrogens is 1. The molecule has 164 valence electrons. The van der Waals surface area contributed by atoms with Crippen molar-refractivity contribution in [1.29, 1.82) is 0 Å². The second-order valence-corrected chi connectivity index (χ2v) is 7.89. The molecule has 0 amide bonds. The van der Waals surface area contributed by atoms with E-state index in [1.807, 2.05) is 54.4 Å². The Morgan fingerprint density at radius 1 is 1.10 bits per heavy atom. The molecule has 31 heavy (non-hydrogen) atoms. The van der Waals surface area contributed by atoms with E-state index >= 15 is 0 Å². The number of hydrogen-bond donors (Lipinski definition) is 1. The Balaban J connectivity index is 1.78. The zero-order chi connectivity index (χ0) is 22.1. The number of ether oxygens (including phenoxy) is 3. The molecule has 7 heteroatoms. The maximum Gasteiger partial charge on any atom is 0.245 e. The Morgan fingerprint density at radius 3 is 2.58 bits per heavy atom. The molecule has 2 heterocycles. The number of benzene rings is 2.